The lowest BCUT2D eigenvalue weighted by atomic mass is 10.0. The van der Waals surface area contributed by atoms with Crippen molar-refractivity contribution < 1.29 is 9.59 Å². The van der Waals surface area contributed by atoms with Crippen LogP contribution in [0.1, 0.15) is 49.9 Å². The Labute approximate surface area is 130 Å². The number of carbonyl (C=O) groups excluding carboxylic acids is 2. The van der Waals surface area contributed by atoms with Crippen LogP contribution in [-0.4, -0.2) is 35.8 Å². The Balaban J connectivity index is 1.73. The Bertz CT molecular complexity index is 463. The van der Waals surface area contributed by atoms with Crippen molar-refractivity contribution in [3.8, 4) is 0 Å². The minimum atomic E-state index is 0.000773. The predicted octanol–water partition coefficient (Wildman–Crippen LogP) is 2.91. The van der Waals surface area contributed by atoms with E-state index in [1.807, 2.05) is 21.7 Å². The van der Waals surface area contributed by atoms with E-state index in [0.29, 0.717) is 12.3 Å². The van der Waals surface area contributed by atoms with Gasteiger partial charge in [-0.1, -0.05) is 13.8 Å². The molecule has 1 fully saturated rings. The van der Waals surface area contributed by atoms with Crippen molar-refractivity contribution in [1.82, 2.24) is 10.2 Å². The normalized spacial score (nSPS) is 16.2. The van der Waals surface area contributed by atoms with Crippen molar-refractivity contribution in [3.05, 3.63) is 22.4 Å². The van der Waals surface area contributed by atoms with Gasteiger partial charge in [-0.05, 0) is 36.6 Å². The summed E-state index contributed by atoms with van der Waals surface area (Å²) in [7, 11) is 0. The number of carbonyl (C=O) groups is 2. The summed E-state index contributed by atoms with van der Waals surface area (Å²) in [6.07, 6.45) is 3.30. The molecule has 1 aliphatic heterocycles. The zero-order valence-electron chi connectivity index (χ0n) is 12.8. The molecule has 5 heteroatoms. The summed E-state index contributed by atoms with van der Waals surface area (Å²) >= 11 is 1.53. The van der Waals surface area contributed by atoms with Crippen molar-refractivity contribution >= 4 is 23.2 Å². The lowest BCUT2D eigenvalue weighted by Crippen LogP contribution is -2.46. The molecule has 1 aromatic rings. The smallest absolute Gasteiger partial charge is 0.252 e. The zero-order chi connectivity index (χ0) is 15.2. The van der Waals surface area contributed by atoms with Gasteiger partial charge in [0, 0.05) is 36.5 Å². The van der Waals surface area contributed by atoms with Crippen LogP contribution < -0.4 is 5.32 Å². The highest BCUT2D eigenvalue weighted by molar-refractivity contribution is 7.08. The van der Waals surface area contributed by atoms with Crippen LogP contribution in [0.5, 0.6) is 0 Å². The Morgan fingerprint density at radius 3 is 2.67 bits per heavy atom. The molecule has 2 amide bonds. The first-order valence-electron chi connectivity index (χ1n) is 7.67. The van der Waals surface area contributed by atoms with Crippen LogP contribution >= 0.6 is 11.3 Å². The fourth-order valence-corrected chi connectivity index (χ4v) is 3.14. The molecule has 2 heterocycles. The summed E-state index contributed by atoms with van der Waals surface area (Å²) in [5.41, 5.74) is 0.732. The molecular weight excluding hydrogens is 284 g/mol. The molecule has 1 N–H and O–H groups in total. The molecule has 4 nitrogen and oxygen atoms in total. The Morgan fingerprint density at radius 2 is 2.10 bits per heavy atom. The van der Waals surface area contributed by atoms with Crippen LogP contribution in [0.4, 0.5) is 0 Å². The largest absolute Gasteiger partial charge is 0.349 e. The molecule has 0 bridgehead atoms. The molecule has 21 heavy (non-hydrogen) atoms. The van der Waals surface area contributed by atoms with Crippen molar-refractivity contribution in [2.75, 3.05) is 13.1 Å². The molecule has 1 saturated heterocycles. The highest BCUT2D eigenvalue weighted by atomic mass is 32.1. The second-order valence-electron chi connectivity index (χ2n) is 6.07. The van der Waals surface area contributed by atoms with Gasteiger partial charge in [0.25, 0.3) is 5.91 Å². The van der Waals surface area contributed by atoms with Gasteiger partial charge >= 0.3 is 0 Å². The van der Waals surface area contributed by atoms with Crippen molar-refractivity contribution in [3.63, 3.8) is 0 Å². The molecule has 0 spiro atoms. The van der Waals surface area contributed by atoms with E-state index in [1.165, 1.54) is 11.3 Å². The molecule has 0 atom stereocenters. The standard InChI is InChI=1S/C16H24N2O2S/c1-12(2)3-4-15(19)18-8-5-14(6-9-18)17-16(20)13-7-10-21-11-13/h7,10-12,14H,3-6,8-9H2,1-2H3,(H,17,20). The monoisotopic (exact) mass is 308 g/mol. The van der Waals surface area contributed by atoms with E-state index in [1.54, 1.807) is 0 Å². The lowest BCUT2D eigenvalue weighted by molar-refractivity contribution is -0.132. The summed E-state index contributed by atoms with van der Waals surface area (Å²) in [5.74, 6) is 0.823. The van der Waals surface area contributed by atoms with E-state index in [4.69, 9.17) is 0 Å². The predicted molar refractivity (Wildman–Crippen MR) is 85.5 cm³/mol. The third-order valence-electron chi connectivity index (χ3n) is 3.90. The van der Waals surface area contributed by atoms with E-state index in [9.17, 15) is 9.59 Å². The van der Waals surface area contributed by atoms with Gasteiger partial charge in [0.15, 0.2) is 0 Å². The maximum absolute atomic E-state index is 12.1. The molecule has 0 saturated carbocycles. The van der Waals surface area contributed by atoms with E-state index >= 15 is 0 Å². The summed E-state index contributed by atoms with van der Waals surface area (Å²) in [5, 5.41) is 6.83. The number of piperidine rings is 1. The van der Waals surface area contributed by atoms with Gasteiger partial charge in [-0.3, -0.25) is 9.59 Å². The van der Waals surface area contributed by atoms with Gasteiger partial charge in [-0.2, -0.15) is 11.3 Å². The fourth-order valence-electron chi connectivity index (χ4n) is 2.51. The molecule has 0 radical (unpaired) electrons. The summed E-state index contributed by atoms with van der Waals surface area (Å²) < 4.78 is 0. The quantitative estimate of drug-likeness (QED) is 0.909. The number of amides is 2. The molecule has 0 aliphatic carbocycles. The Hall–Kier alpha value is -1.36. The molecule has 0 unspecified atom stereocenters. The van der Waals surface area contributed by atoms with Gasteiger partial charge in [-0.15, -0.1) is 0 Å². The first-order chi connectivity index (χ1) is 10.1. The van der Waals surface area contributed by atoms with Crippen molar-refractivity contribution in [2.24, 2.45) is 5.92 Å². The molecular formula is C16H24N2O2S. The zero-order valence-corrected chi connectivity index (χ0v) is 13.6. The molecule has 2 rings (SSSR count). The van der Waals surface area contributed by atoms with E-state index in [2.05, 4.69) is 19.2 Å². The third kappa shape index (κ3) is 4.84. The molecule has 116 valence electrons. The van der Waals surface area contributed by atoms with Gasteiger partial charge in [-0.25, -0.2) is 0 Å². The number of likely N-dealkylation sites (tertiary alicyclic amines) is 1. The number of hydrogen-bond donors (Lipinski definition) is 1. The average molecular weight is 308 g/mol. The number of nitrogens with zero attached hydrogens (tertiary/aromatic N) is 1. The van der Waals surface area contributed by atoms with Crippen LogP contribution in [-0.2, 0) is 4.79 Å². The van der Waals surface area contributed by atoms with Crippen LogP contribution in [0.15, 0.2) is 16.8 Å². The second-order valence-corrected chi connectivity index (χ2v) is 6.85. The first-order valence-corrected chi connectivity index (χ1v) is 8.61. The number of rotatable bonds is 5. The summed E-state index contributed by atoms with van der Waals surface area (Å²) in [6, 6.07) is 2.02. The van der Waals surface area contributed by atoms with Crippen molar-refractivity contribution in [2.45, 2.75) is 45.6 Å². The molecule has 0 aromatic carbocycles. The maximum atomic E-state index is 12.1. The molecule has 1 aromatic heterocycles. The average Bonchev–Trinajstić information content (AvgIpc) is 3.00. The highest BCUT2D eigenvalue weighted by Gasteiger charge is 2.24. The SMILES string of the molecule is CC(C)CCC(=O)N1CCC(NC(=O)c2ccsc2)CC1. The van der Waals surface area contributed by atoms with Gasteiger partial charge in [0.1, 0.15) is 0 Å². The van der Waals surface area contributed by atoms with E-state index in [-0.39, 0.29) is 17.9 Å². The third-order valence-corrected chi connectivity index (χ3v) is 4.59. The second kappa shape index (κ2) is 7.59. The lowest BCUT2D eigenvalue weighted by Gasteiger charge is -2.32. The van der Waals surface area contributed by atoms with Crippen LogP contribution in [0, 0.1) is 5.92 Å². The summed E-state index contributed by atoms with van der Waals surface area (Å²) in [6.45, 7) is 5.79. The maximum Gasteiger partial charge on any atom is 0.252 e. The van der Waals surface area contributed by atoms with Crippen LogP contribution in [0.2, 0.25) is 0 Å². The Morgan fingerprint density at radius 1 is 1.38 bits per heavy atom. The number of nitrogens with one attached hydrogen (secondary N) is 1. The van der Waals surface area contributed by atoms with Crippen LogP contribution in [0.25, 0.3) is 0 Å². The number of thiophene rings is 1. The number of hydrogen-bond acceptors (Lipinski definition) is 3. The summed E-state index contributed by atoms with van der Waals surface area (Å²) in [4.78, 5) is 26.0. The fraction of sp³-hybridized carbons (Fsp3) is 0.625. The van der Waals surface area contributed by atoms with Gasteiger partial charge in [0.05, 0.1) is 0 Å². The Kier molecular flexibility index (Phi) is 5.79. The van der Waals surface area contributed by atoms with Crippen LogP contribution in [0.3, 0.4) is 0 Å². The van der Waals surface area contributed by atoms with E-state index < -0.39 is 0 Å². The van der Waals surface area contributed by atoms with Gasteiger partial charge < -0.3 is 10.2 Å². The molecule has 1 aliphatic rings. The van der Waals surface area contributed by atoms with E-state index in [0.717, 1.165) is 37.9 Å². The highest BCUT2D eigenvalue weighted by Crippen LogP contribution is 2.15. The van der Waals surface area contributed by atoms with Crippen molar-refractivity contribution in [1.29, 1.82) is 0 Å². The minimum Gasteiger partial charge on any atom is -0.349 e. The minimum absolute atomic E-state index is 0.000773. The van der Waals surface area contributed by atoms with Gasteiger partial charge in [0.2, 0.25) is 5.91 Å². The topological polar surface area (TPSA) is 49.4 Å². The first kappa shape index (κ1) is 16.0.